The summed E-state index contributed by atoms with van der Waals surface area (Å²) in [6, 6.07) is 6.22. The maximum absolute atomic E-state index is 12.1. The molecule has 218 valence electrons. The number of benzene rings is 1. The monoisotopic (exact) mass is 548 g/mol. The van der Waals surface area contributed by atoms with Crippen LogP contribution in [0.1, 0.15) is 78.7 Å². The number of nitrogens with one attached hydrogen (secondary N) is 1. The van der Waals surface area contributed by atoms with Crippen LogP contribution in [-0.2, 0) is 25.4 Å². The largest absolute Gasteiger partial charge is 0.490 e. The second-order valence-corrected chi connectivity index (χ2v) is 11.7. The molecule has 10 nitrogen and oxygen atoms in total. The van der Waals surface area contributed by atoms with Crippen LogP contribution in [-0.4, -0.2) is 77.3 Å². The van der Waals surface area contributed by atoms with Gasteiger partial charge in [-0.15, -0.1) is 0 Å². The molecule has 1 saturated carbocycles. The van der Waals surface area contributed by atoms with Crippen LogP contribution in [0.2, 0.25) is 0 Å². The molecule has 1 aliphatic heterocycles. The molecule has 1 atom stereocenters. The quantitative estimate of drug-likeness (QED) is 0.446. The third kappa shape index (κ3) is 10.6. The summed E-state index contributed by atoms with van der Waals surface area (Å²) in [6.45, 7) is 10.2. The van der Waals surface area contributed by atoms with Gasteiger partial charge >= 0.3 is 18.2 Å². The van der Waals surface area contributed by atoms with Gasteiger partial charge in [0.05, 0.1) is 24.4 Å². The Bertz CT molecular complexity index is 943. The number of likely N-dealkylation sites (tertiary alicyclic amines) is 1. The Hall–Kier alpha value is -3.01. The molecular weight excluding hydrogens is 504 g/mol. The van der Waals surface area contributed by atoms with E-state index in [2.05, 4.69) is 5.32 Å². The van der Waals surface area contributed by atoms with E-state index >= 15 is 0 Å². The van der Waals surface area contributed by atoms with E-state index in [1.165, 1.54) is 0 Å². The van der Waals surface area contributed by atoms with Crippen molar-refractivity contribution in [3.8, 4) is 5.75 Å². The molecule has 2 amide bonds. The second kappa shape index (κ2) is 13.9. The highest BCUT2D eigenvalue weighted by Gasteiger charge is 2.29. The van der Waals surface area contributed by atoms with Gasteiger partial charge < -0.3 is 34.3 Å². The number of carboxylic acid groups (broad SMARTS) is 1. The van der Waals surface area contributed by atoms with Crippen molar-refractivity contribution >= 4 is 18.2 Å². The van der Waals surface area contributed by atoms with Crippen LogP contribution in [0.4, 0.5) is 9.59 Å². The first-order chi connectivity index (χ1) is 18.4. The highest BCUT2D eigenvalue weighted by atomic mass is 16.6. The average molecular weight is 549 g/mol. The number of carbonyl (C=O) groups is 3. The lowest BCUT2D eigenvalue weighted by Crippen LogP contribution is -2.44. The van der Waals surface area contributed by atoms with Gasteiger partial charge in [-0.25, -0.2) is 14.4 Å². The van der Waals surface area contributed by atoms with E-state index in [0.29, 0.717) is 13.1 Å². The Kier molecular flexibility index (Phi) is 10.9. The molecule has 0 spiro atoms. The van der Waals surface area contributed by atoms with Crippen molar-refractivity contribution in [3.05, 3.63) is 29.8 Å². The lowest BCUT2D eigenvalue weighted by molar-refractivity contribution is -0.139. The van der Waals surface area contributed by atoms with Crippen LogP contribution in [0, 0.1) is 0 Å². The fourth-order valence-corrected chi connectivity index (χ4v) is 4.79. The number of carboxylic acids is 1. The fraction of sp³-hybridized carbons (Fsp3) is 0.690. The summed E-state index contributed by atoms with van der Waals surface area (Å²) in [5, 5.41) is 11.9. The molecule has 1 saturated heterocycles. The zero-order valence-corrected chi connectivity index (χ0v) is 23.8. The molecule has 0 unspecified atom stereocenters. The number of carbonyl (C=O) groups excluding carboxylic acids is 2. The number of ether oxygens (including phenoxy) is 4. The van der Waals surface area contributed by atoms with Gasteiger partial charge in [-0.2, -0.15) is 0 Å². The SMILES string of the molecule is CC(C)OC(=O)N1CCC(O[C@H]2CC[C@H](Oc3ccc(C[C@@H](NC(=O)OC(C)(C)C)C(=O)O)cc3)CC2)CC1. The summed E-state index contributed by atoms with van der Waals surface area (Å²) in [4.78, 5) is 37.5. The zero-order valence-electron chi connectivity index (χ0n) is 23.8. The van der Waals surface area contributed by atoms with Gasteiger partial charge in [-0.05, 0) is 90.8 Å². The molecule has 2 N–H and O–H groups in total. The Labute approximate surface area is 231 Å². The molecule has 1 aromatic rings. The number of nitrogens with zero attached hydrogens (tertiary/aromatic N) is 1. The summed E-state index contributed by atoms with van der Waals surface area (Å²) >= 11 is 0. The molecule has 0 aromatic heterocycles. The molecule has 3 rings (SSSR count). The number of rotatable bonds is 9. The van der Waals surface area contributed by atoms with Crippen molar-refractivity contribution in [2.24, 2.45) is 0 Å². The number of alkyl carbamates (subject to hydrolysis) is 1. The number of hydrogen-bond donors (Lipinski definition) is 2. The smallest absolute Gasteiger partial charge is 0.410 e. The zero-order chi connectivity index (χ0) is 28.6. The van der Waals surface area contributed by atoms with E-state index in [4.69, 9.17) is 18.9 Å². The van der Waals surface area contributed by atoms with Crippen molar-refractivity contribution in [2.45, 2.75) is 116 Å². The number of amides is 2. The van der Waals surface area contributed by atoms with Gasteiger partial charge in [0.25, 0.3) is 0 Å². The maximum Gasteiger partial charge on any atom is 0.410 e. The van der Waals surface area contributed by atoms with E-state index in [-0.39, 0.29) is 36.9 Å². The maximum atomic E-state index is 12.1. The summed E-state index contributed by atoms with van der Waals surface area (Å²) in [5.41, 5.74) is 0.0611. The minimum absolute atomic E-state index is 0.101. The average Bonchev–Trinajstić information content (AvgIpc) is 2.85. The van der Waals surface area contributed by atoms with E-state index in [1.54, 1.807) is 25.7 Å². The van der Waals surface area contributed by atoms with Crippen molar-refractivity contribution in [1.82, 2.24) is 10.2 Å². The molecule has 1 heterocycles. The first kappa shape index (κ1) is 30.5. The predicted octanol–water partition coefficient (Wildman–Crippen LogP) is 4.92. The molecule has 0 radical (unpaired) electrons. The Morgan fingerprint density at radius 3 is 2.05 bits per heavy atom. The standard InChI is InChI=1S/C29H44N2O8/c1-19(2)36-28(35)31-16-14-24(15-17-31)38-23-12-10-22(11-13-23)37-21-8-6-20(7-9-21)18-25(26(32)33)30-27(34)39-29(3,4)5/h6-9,19,22-25H,10-18H2,1-5H3,(H,30,34)(H,32,33)/t22-,23-,25-/m1/s1. The van der Waals surface area contributed by atoms with Crippen LogP contribution in [0.3, 0.4) is 0 Å². The van der Waals surface area contributed by atoms with Gasteiger partial charge in [-0.1, -0.05) is 12.1 Å². The summed E-state index contributed by atoms with van der Waals surface area (Å²) in [5.74, 6) is -0.393. The molecule has 1 aromatic carbocycles. The second-order valence-electron chi connectivity index (χ2n) is 11.7. The molecule has 2 fully saturated rings. The summed E-state index contributed by atoms with van der Waals surface area (Å²) in [6.07, 6.45) is 4.79. The fourth-order valence-electron chi connectivity index (χ4n) is 4.79. The topological polar surface area (TPSA) is 124 Å². The van der Waals surface area contributed by atoms with Crippen LogP contribution in [0.5, 0.6) is 5.75 Å². The normalized spacial score (nSPS) is 21.2. The first-order valence-corrected chi connectivity index (χ1v) is 14.0. The van der Waals surface area contributed by atoms with E-state index in [0.717, 1.165) is 49.8 Å². The van der Waals surface area contributed by atoms with Gasteiger partial charge in [0.2, 0.25) is 0 Å². The molecule has 0 bridgehead atoms. The molecule has 39 heavy (non-hydrogen) atoms. The minimum Gasteiger partial charge on any atom is -0.490 e. The molecule has 2 aliphatic rings. The van der Waals surface area contributed by atoms with Crippen molar-refractivity contribution in [1.29, 1.82) is 0 Å². The van der Waals surface area contributed by atoms with Gasteiger partial charge in [-0.3, -0.25) is 0 Å². The molecule has 10 heteroatoms. The Morgan fingerprint density at radius 1 is 0.949 bits per heavy atom. The van der Waals surface area contributed by atoms with Crippen LogP contribution < -0.4 is 10.1 Å². The van der Waals surface area contributed by atoms with Crippen molar-refractivity contribution in [2.75, 3.05) is 13.1 Å². The predicted molar refractivity (Wildman–Crippen MR) is 145 cm³/mol. The van der Waals surface area contributed by atoms with E-state index in [9.17, 15) is 19.5 Å². The van der Waals surface area contributed by atoms with E-state index in [1.807, 2.05) is 38.1 Å². The van der Waals surface area contributed by atoms with E-state index < -0.39 is 23.7 Å². The van der Waals surface area contributed by atoms with Crippen LogP contribution in [0.25, 0.3) is 0 Å². The molecular formula is C29H44N2O8. The lowest BCUT2D eigenvalue weighted by atomic mass is 9.94. The number of aliphatic carboxylic acids is 1. The van der Waals surface area contributed by atoms with Crippen molar-refractivity contribution < 1.29 is 38.4 Å². The first-order valence-electron chi connectivity index (χ1n) is 14.0. The number of piperidine rings is 1. The third-order valence-corrected chi connectivity index (χ3v) is 6.70. The van der Waals surface area contributed by atoms with Gasteiger partial charge in [0.15, 0.2) is 0 Å². The lowest BCUT2D eigenvalue weighted by Gasteiger charge is -2.36. The Balaban J connectivity index is 1.38. The number of hydrogen-bond acceptors (Lipinski definition) is 7. The van der Waals surface area contributed by atoms with Gasteiger partial charge in [0, 0.05) is 19.5 Å². The molecule has 1 aliphatic carbocycles. The highest BCUT2D eigenvalue weighted by molar-refractivity contribution is 5.80. The minimum atomic E-state index is -1.13. The van der Waals surface area contributed by atoms with Crippen LogP contribution in [0.15, 0.2) is 24.3 Å². The third-order valence-electron chi connectivity index (χ3n) is 6.70. The summed E-state index contributed by atoms with van der Waals surface area (Å²) < 4.78 is 23.0. The van der Waals surface area contributed by atoms with Crippen molar-refractivity contribution in [3.63, 3.8) is 0 Å². The Morgan fingerprint density at radius 2 is 1.51 bits per heavy atom. The van der Waals surface area contributed by atoms with Crippen LogP contribution >= 0.6 is 0 Å². The summed E-state index contributed by atoms with van der Waals surface area (Å²) in [7, 11) is 0. The van der Waals surface area contributed by atoms with Gasteiger partial charge in [0.1, 0.15) is 17.4 Å². The highest BCUT2D eigenvalue weighted by Crippen LogP contribution is 2.28.